The molecule has 0 bridgehead atoms. The van der Waals surface area contributed by atoms with Gasteiger partial charge >= 0.3 is 0 Å². The van der Waals surface area contributed by atoms with Crippen LogP contribution < -0.4 is 11.1 Å². The van der Waals surface area contributed by atoms with Crippen LogP contribution in [0.3, 0.4) is 0 Å². The van der Waals surface area contributed by atoms with E-state index < -0.39 is 0 Å². The topological polar surface area (TPSA) is 82.2 Å². The fraction of sp³-hybridized carbons (Fsp3) is 0.333. The predicted octanol–water partition coefficient (Wildman–Crippen LogP) is 1.40. The van der Waals surface area contributed by atoms with Crippen LogP contribution in [0.1, 0.15) is 12.8 Å². The van der Waals surface area contributed by atoms with E-state index in [4.69, 9.17) is 11.1 Å². The molecule has 0 spiro atoms. The largest absolute Gasteiger partial charge is 0.370 e. The van der Waals surface area contributed by atoms with Gasteiger partial charge in [0.25, 0.3) is 0 Å². The van der Waals surface area contributed by atoms with Gasteiger partial charge in [0.2, 0.25) is 5.91 Å². The number of guanidine groups is 1. The van der Waals surface area contributed by atoms with E-state index >= 15 is 0 Å². The van der Waals surface area contributed by atoms with E-state index in [-0.39, 0.29) is 30.3 Å². The summed E-state index contributed by atoms with van der Waals surface area (Å²) in [6.45, 7) is 0.683. The van der Waals surface area contributed by atoms with Gasteiger partial charge in [-0.3, -0.25) is 10.2 Å². The Morgan fingerprint density at radius 2 is 2.06 bits per heavy atom. The lowest BCUT2D eigenvalue weighted by Gasteiger charge is -2.23. The van der Waals surface area contributed by atoms with E-state index in [0.29, 0.717) is 6.54 Å². The first kappa shape index (κ1) is 14.3. The van der Waals surface area contributed by atoms with Gasteiger partial charge < -0.3 is 16.0 Å². The number of nitrogens with one attached hydrogen (secondary N) is 2. The van der Waals surface area contributed by atoms with Gasteiger partial charge in [0.15, 0.2) is 5.96 Å². The third-order valence-corrected chi connectivity index (χ3v) is 2.91. The molecule has 0 radical (unpaired) electrons. The van der Waals surface area contributed by atoms with Crippen LogP contribution in [0.25, 0.3) is 0 Å². The molecule has 1 aromatic rings. The summed E-state index contributed by atoms with van der Waals surface area (Å²) < 4.78 is 0. The third-order valence-electron chi connectivity index (χ3n) is 2.91. The number of nitrogens with two attached hydrogens (primary N) is 1. The van der Waals surface area contributed by atoms with Gasteiger partial charge in [-0.1, -0.05) is 18.2 Å². The van der Waals surface area contributed by atoms with Gasteiger partial charge in [-0.25, -0.2) is 0 Å². The fourth-order valence-corrected chi connectivity index (χ4v) is 2.07. The number of anilines is 1. The van der Waals surface area contributed by atoms with Crippen LogP contribution in [0.15, 0.2) is 30.3 Å². The number of likely N-dealkylation sites (tertiary alicyclic amines) is 1. The smallest absolute Gasteiger partial charge is 0.247 e. The molecular formula is C12H17ClN4O. The molecular weight excluding hydrogens is 252 g/mol. The van der Waals surface area contributed by atoms with Crippen molar-refractivity contribution >= 4 is 30.0 Å². The molecule has 18 heavy (non-hydrogen) atoms. The molecule has 98 valence electrons. The van der Waals surface area contributed by atoms with Crippen LogP contribution in [0.5, 0.6) is 0 Å². The van der Waals surface area contributed by atoms with Crippen molar-refractivity contribution < 1.29 is 4.79 Å². The molecule has 2 rings (SSSR count). The molecule has 6 heteroatoms. The molecule has 0 saturated carbocycles. The summed E-state index contributed by atoms with van der Waals surface area (Å²) in [5.74, 6) is -0.125. The van der Waals surface area contributed by atoms with E-state index in [9.17, 15) is 4.79 Å². The van der Waals surface area contributed by atoms with E-state index in [2.05, 4.69) is 5.32 Å². The summed E-state index contributed by atoms with van der Waals surface area (Å²) in [6, 6.07) is 9.00. The predicted molar refractivity (Wildman–Crippen MR) is 74.0 cm³/mol. The van der Waals surface area contributed by atoms with Gasteiger partial charge in [-0.05, 0) is 25.0 Å². The molecule has 1 heterocycles. The van der Waals surface area contributed by atoms with E-state index in [1.807, 2.05) is 30.3 Å². The van der Waals surface area contributed by atoms with Gasteiger partial charge in [0.05, 0.1) is 0 Å². The zero-order chi connectivity index (χ0) is 12.3. The highest BCUT2D eigenvalue weighted by atomic mass is 35.5. The second kappa shape index (κ2) is 6.26. The minimum atomic E-state index is -0.312. The lowest BCUT2D eigenvalue weighted by atomic mass is 10.2. The second-order valence-electron chi connectivity index (χ2n) is 4.09. The molecule has 1 atom stereocenters. The molecule has 1 unspecified atom stereocenters. The summed E-state index contributed by atoms with van der Waals surface area (Å²) in [5, 5.41) is 10.3. The summed E-state index contributed by atoms with van der Waals surface area (Å²) in [4.78, 5) is 13.7. The maximum absolute atomic E-state index is 12.0. The molecule has 1 aliphatic heterocycles. The van der Waals surface area contributed by atoms with Crippen LogP contribution in [-0.4, -0.2) is 29.4 Å². The van der Waals surface area contributed by atoms with Gasteiger partial charge in [-0.2, -0.15) is 0 Å². The van der Waals surface area contributed by atoms with Crippen LogP contribution in [0.4, 0.5) is 5.69 Å². The maximum atomic E-state index is 12.0. The molecule has 1 amide bonds. The first-order valence-electron chi connectivity index (χ1n) is 5.65. The molecule has 4 N–H and O–H groups in total. The molecule has 5 nitrogen and oxygen atoms in total. The number of carbonyl (C=O) groups excluding carboxylic acids is 1. The van der Waals surface area contributed by atoms with Gasteiger partial charge in [-0.15, -0.1) is 12.4 Å². The van der Waals surface area contributed by atoms with Crippen LogP contribution >= 0.6 is 12.4 Å². The first-order chi connectivity index (χ1) is 8.18. The first-order valence-corrected chi connectivity index (χ1v) is 5.65. The number of halogens is 1. The highest BCUT2D eigenvalue weighted by Crippen LogP contribution is 2.18. The molecule has 0 aromatic heterocycles. The lowest BCUT2D eigenvalue weighted by molar-refractivity contribution is -0.119. The number of nitrogens with zero attached hydrogens (tertiary/aromatic N) is 1. The average molecular weight is 269 g/mol. The number of para-hydroxylation sites is 1. The SMILES string of the molecule is Cl.N=C(N)N1CCCC1C(=O)Nc1ccccc1. The van der Waals surface area contributed by atoms with Crippen LogP contribution in [0.2, 0.25) is 0 Å². The monoisotopic (exact) mass is 268 g/mol. The van der Waals surface area contributed by atoms with Crippen LogP contribution in [0, 0.1) is 5.41 Å². The summed E-state index contributed by atoms with van der Waals surface area (Å²) in [5.41, 5.74) is 6.22. The highest BCUT2D eigenvalue weighted by molar-refractivity contribution is 5.97. The number of amides is 1. The standard InChI is InChI=1S/C12H16N4O.ClH/c13-12(14)16-8-4-7-10(16)11(17)15-9-5-2-1-3-6-9;/h1-3,5-6,10H,4,7-8H2,(H3,13,14)(H,15,17);1H. The number of rotatable bonds is 2. The maximum Gasteiger partial charge on any atom is 0.247 e. The quantitative estimate of drug-likeness (QED) is 0.560. The Labute approximate surface area is 112 Å². The Morgan fingerprint density at radius 3 is 2.67 bits per heavy atom. The van der Waals surface area contributed by atoms with Crippen molar-refractivity contribution in [3.63, 3.8) is 0 Å². The molecule has 1 aromatic carbocycles. The Morgan fingerprint density at radius 1 is 1.39 bits per heavy atom. The van der Waals surface area contributed by atoms with E-state index in [1.165, 1.54) is 0 Å². The van der Waals surface area contributed by atoms with E-state index in [0.717, 1.165) is 18.5 Å². The van der Waals surface area contributed by atoms with Crippen molar-refractivity contribution in [2.45, 2.75) is 18.9 Å². The zero-order valence-corrected chi connectivity index (χ0v) is 10.7. The fourth-order valence-electron chi connectivity index (χ4n) is 2.07. The Kier molecular flexibility index (Phi) is 4.97. The summed E-state index contributed by atoms with van der Waals surface area (Å²) >= 11 is 0. The van der Waals surface area contributed by atoms with E-state index in [1.54, 1.807) is 4.90 Å². The van der Waals surface area contributed by atoms with Gasteiger partial charge in [0.1, 0.15) is 6.04 Å². The second-order valence-corrected chi connectivity index (χ2v) is 4.09. The van der Waals surface area contributed by atoms with Crippen molar-refractivity contribution in [1.82, 2.24) is 4.90 Å². The van der Waals surface area contributed by atoms with Crippen LogP contribution in [-0.2, 0) is 4.79 Å². The summed E-state index contributed by atoms with van der Waals surface area (Å²) in [6.07, 6.45) is 1.64. The van der Waals surface area contributed by atoms with Crippen molar-refractivity contribution in [1.29, 1.82) is 5.41 Å². The highest BCUT2D eigenvalue weighted by Gasteiger charge is 2.31. The zero-order valence-electron chi connectivity index (χ0n) is 9.93. The third kappa shape index (κ3) is 3.13. The average Bonchev–Trinajstić information content (AvgIpc) is 2.79. The van der Waals surface area contributed by atoms with Crippen molar-refractivity contribution in [3.8, 4) is 0 Å². The van der Waals surface area contributed by atoms with Gasteiger partial charge in [0, 0.05) is 12.2 Å². The Bertz CT molecular complexity index is 423. The minimum Gasteiger partial charge on any atom is -0.370 e. The number of hydrogen-bond acceptors (Lipinski definition) is 2. The number of carbonyl (C=O) groups is 1. The Balaban J connectivity index is 0.00000162. The minimum absolute atomic E-state index is 0. The number of benzene rings is 1. The normalized spacial score (nSPS) is 18.0. The lowest BCUT2D eigenvalue weighted by Crippen LogP contribution is -2.46. The van der Waals surface area contributed by atoms with Crippen molar-refractivity contribution in [2.75, 3.05) is 11.9 Å². The van der Waals surface area contributed by atoms with Crippen molar-refractivity contribution in [2.24, 2.45) is 5.73 Å². The molecule has 1 saturated heterocycles. The summed E-state index contributed by atoms with van der Waals surface area (Å²) in [7, 11) is 0. The Hall–Kier alpha value is -1.75. The van der Waals surface area contributed by atoms with Crippen molar-refractivity contribution in [3.05, 3.63) is 30.3 Å². The molecule has 0 aliphatic carbocycles. The molecule has 1 fully saturated rings. The molecule has 1 aliphatic rings. The number of hydrogen-bond donors (Lipinski definition) is 3.